The van der Waals surface area contributed by atoms with Gasteiger partial charge in [0.2, 0.25) is 0 Å². The Morgan fingerprint density at radius 3 is 3.00 bits per heavy atom. The number of nitrogens with zero attached hydrogens (tertiary/aromatic N) is 3. The van der Waals surface area contributed by atoms with E-state index in [4.69, 9.17) is 5.26 Å². The number of nitrogens with one attached hydrogen (secondary N) is 1. The largest absolute Gasteiger partial charge is 0.312 e. The van der Waals surface area contributed by atoms with Gasteiger partial charge in [0.1, 0.15) is 0 Å². The van der Waals surface area contributed by atoms with Crippen molar-refractivity contribution < 1.29 is 0 Å². The third-order valence-electron chi connectivity index (χ3n) is 2.73. The fourth-order valence-electron chi connectivity index (χ4n) is 1.82. The van der Waals surface area contributed by atoms with Crippen LogP contribution in [0.1, 0.15) is 16.7 Å². The van der Waals surface area contributed by atoms with Crippen LogP contribution in [0.25, 0.3) is 0 Å². The number of hydrogen-bond donors (Lipinski definition) is 1. The second kappa shape index (κ2) is 5.99. The maximum Gasteiger partial charge on any atom is 0.0991 e. The van der Waals surface area contributed by atoms with Gasteiger partial charge in [-0.25, -0.2) is 0 Å². The van der Waals surface area contributed by atoms with Crippen molar-refractivity contribution in [3.63, 3.8) is 0 Å². The van der Waals surface area contributed by atoms with Crippen molar-refractivity contribution in [2.75, 3.05) is 6.54 Å². The zero-order valence-corrected chi connectivity index (χ0v) is 10.4. The summed E-state index contributed by atoms with van der Waals surface area (Å²) >= 11 is 0. The van der Waals surface area contributed by atoms with Crippen LogP contribution in [0.2, 0.25) is 0 Å². The van der Waals surface area contributed by atoms with E-state index in [1.807, 2.05) is 48.4 Å². The van der Waals surface area contributed by atoms with E-state index in [1.54, 1.807) is 0 Å². The van der Waals surface area contributed by atoms with Gasteiger partial charge in [0.15, 0.2) is 0 Å². The average Bonchev–Trinajstić information content (AvgIpc) is 2.81. The quantitative estimate of drug-likeness (QED) is 0.808. The van der Waals surface area contributed by atoms with E-state index < -0.39 is 0 Å². The Balaban J connectivity index is 1.77. The summed E-state index contributed by atoms with van der Waals surface area (Å²) in [5.74, 6) is 0. The van der Waals surface area contributed by atoms with Gasteiger partial charge in [-0.15, -0.1) is 0 Å². The van der Waals surface area contributed by atoms with Crippen molar-refractivity contribution in [2.45, 2.75) is 13.0 Å². The van der Waals surface area contributed by atoms with Gasteiger partial charge in [0.25, 0.3) is 0 Å². The molecule has 4 nitrogen and oxygen atoms in total. The highest BCUT2D eigenvalue weighted by atomic mass is 15.2. The number of aryl methyl sites for hydroxylation is 1. The Labute approximate surface area is 107 Å². The van der Waals surface area contributed by atoms with E-state index in [1.165, 1.54) is 5.56 Å². The molecular formula is C14H16N4. The van der Waals surface area contributed by atoms with Crippen LogP contribution in [-0.2, 0) is 20.0 Å². The van der Waals surface area contributed by atoms with Gasteiger partial charge >= 0.3 is 0 Å². The third-order valence-corrected chi connectivity index (χ3v) is 2.73. The highest BCUT2D eigenvalue weighted by Crippen LogP contribution is 2.03. The zero-order valence-electron chi connectivity index (χ0n) is 10.4. The highest BCUT2D eigenvalue weighted by Gasteiger charge is 1.97. The topological polar surface area (TPSA) is 53.6 Å². The summed E-state index contributed by atoms with van der Waals surface area (Å²) in [4.78, 5) is 0. The number of hydrogen-bond acceptors (Lipinski definition) is 3. The van der Waals surface area contributed by atoms with Gasteiger partial charge in [0, 0.05) is 19.8 Å². The SMILES string of the molecule is Cn1cc(CCNCc2cccc(C#N)c2)cn1. The maximum absolute atomic E-state index is 8.80. The fraction of sp³-hybridized carbons (Fsp3) is 0.286. The molecule has 1 aromatic heterocycles. The van der Waals surface area contributed by atoms with Crippen molar-refractivity contribution in [3.8, 4) is 6.07 Å². The summed E-state index contributed by atoms with van der Waals surface area (Å²) in [6.45, 7) is 1.69. The van der Waals surface area contributed by atoms with E-state index in [-0.39, 0.29) is 0 Å². The lowest BCUT2D eigenvalue weighted by molar-refractivity contribution is 0.686. The van der Waals surface area contributed by atoms with E-state index in [2.05, 4.69) is 16.5 Å². The summed E-state index contributed by atoms with van der Waals surface area (Å²) in [7, 11) is 1.92. The fourth-order valence-corrected chi connectivity index (χ4v) is 1.82. The number of benzene rings is 1. The van der Waals surface area contributed by atoms with Crippen molar-refractivity contribution in [1.29, 1.82) is 5.26 Å². The first-order valence-corrected chi connectivity index (χ1v) is 5.95. The Hall–Kier alpha value is -2.12. The predicted octanol–water partition coefficient (Wildman–Crippen LogP) is 1.62. The van der Waals surface area contributed by atoms with Crippen LogP contribution in [0.15, 0.2) is 36.7 Å². The number of rotatable bonds is 5. The van der Waals surface area contributed by atoms with Crippen molar-refractivity contribution in [2.24, 2.45) is 7.05 Å². The van der Waals surface area contributed by atoms with Crippen molar-refractivity contribution in [1.82, 2.24) is 15.1 Å². The summed E-state index contributed by atoms with van der Waals surface area (Å²) in [6.07, 6.45) is 4.88. The molecule has 0 saturated heterocycles. The third kappa shape index (κ3) is 3.44. The molecule has 0 radical (unpaired) electrons. The second-order valence-corrected chi connectivity index (χ2v) is 4.26. The van der Waals surface area contributed by atoms with Gasteiger partial charge in [-0.3, -0.25) is 4.68 Å². The monoisotopic (exact) mass is 240 g/mol. The van der Waals surface area contributed by atoms with Crippen molar-refractivity contribution >= 4 is 0 Å². The Bertz CT molecular complexity index is 551. The van der Waals surface area contributed by atoms with Gasteiger partial charge in [0.05, 0.1) is 17.8 Å². The molecule has 0 aliphatic carbocycles. The minimum Gasteiger partial charge on any atom is -0.312 e. The van der Waals surface area contributed by atoms with Crippen LogP contribution in [-0.4, -0.2) is 16.3 Å². The zero-order chi connectivity index (χ0) is 12.8. The summed E-state index contributed by atoms with van der Waals surface area (Å²) in [6, 6.07) is 9.82. The molecule has 1 heterocycles. The molecule has 0 unspecified atom stereocenters. The lowest BCUT2D eigenvalue weighted by Gasteiger charge is -2.04. The van der Waals surface area contributed by atoms with E-state index >= 15 is 0 Å². The molecule has 1 aromatic carbocycles. The van der Waals surface area contributed by atoms with E-state index in [9.17, 15) is 0 Å². The molecule has 92 valence electrons. The molecule has 0 aliphatic rings. The van der Waals surface area contributed by atoms with Gasteiger partial charge < -0.3 is 5.32 Å². The minimum absolute atomic E-state index is 0.710. The summed E-state index contributed by atoms with van der Waals surface area (Å²) < 4.78 is 1.81. The normalized spacial score (nSPS) is 10.2. The minimum atomic E-state index is 0.710. The number of nitriles is 1. The standard InChI is InChI=1S/C14H16N4/c1-18-11-14(10-17-18)5-6-16-9-13-4-2-3-12(7-13)8-15/h2-4,7,10-11,16H,5-6,9H2,1H3. The first-order chi connectivity index (χ1) is 8.78. The van der Waals surface area contributed by atoms with Gasteiger partial charge in [-0.2, -0.15) is 10.4 Å². The molecule has 0 aliphatic heterocycles. The Morgan fingerprint density at radius 2 is 2.28 bits per heavy atom. The molecule has 0 bridgehead atoms. The van der Waals surface area contributed by atoms with E-state index in [0.717, 1.165) is 25.1 Å². The van der Waals surface area contributed by atoms with Crippen LogP contribution in [0.5, 0.6) is 0 Å². The molecule has 0 saturated carbocycles. The molecule has 0 spiro atoms. The van der Waals surface area contributed by atoms with Gasteiger partial charge in [-0.1, -0.05) is 12.1 Å². The smallest absolute Gasteiger partial charge is 0.0991 e. The lowest BCUT2D eigenvalue weighted by Crippen LogP contribution is -2.16. The highest BCUT2D eigenvalue weighted by molar-refractivity contribution is 5.32. The lowest BCUT2D eigenvalue weighted by atomic mass is 10.1. The van der Waals surface area contributed by atoms with Crippen LogP contribution in [0.4, 0.5) is 0 Å². The molecule has 0 fully saturated rings. The molecule has 18 heavy (non-hydrogen) atoms. The van der Waals surface area contributed by atoms with Gasteiger partial charge in [-0.05, 0) is 36.2 Å². The Kier molecular flexibility index (Phi) is 4.11. The first-order valence-electron chi connectivity index (χ1n) is 5.95. The summed E-state index contributed by atoms with van der Waals surface area (Å²) in [5, 5.41) is 16.3. The average molecular weight is 240 g/mol. The molecule has 0 atom stereocenters. The van der Waals surface area contributed by atoms with Crippen LogP contribution >= 0.6 is 0 Å². The molecule has 4 heteroatoms. The number of aromatic nitrogens is 2. The Morgan fingerprint density at radius 1 is 1.39 bits per heavy atom. The van der Waals surface area contributed by atoms with Crippen LogP contribution in [0, 0.1) is 11.3 Å². The molecule has 0 amide bonds. The second-order valence-electron chi connectivity index (χ2n) is 4.26. The van der Waals surface area contributed by atoms with Crippen molar-refractivity contribution in [3.05, 3.63) is 53.3 Å². The maximum atomic E-state index is 8.80. The predicted molar refractivity (Wildman–Crippen MR) is 69.8 cm³/mol. The van der Waals surface area contributed by atoms with E-state index in [0.29, 0.717) is 5.56 Å². The van der Waals surface area contributed by atoms with Crippen LogP contribution in [0.3, 0.4) is 0 Å². The summed E-state index contributed by atoms with van der Waals surface area (Å²) in [5.41, 5.74) is 3.08. The first kappa shape index (κ1) is 12.3. The molecule has 1 N–H and O–H groups in total. The molecule has 2 rings (SSSR count). The molecular weight excluding hydrogens is 224 g/mol. The molecule has 2 aromatic rings. The van der Waals surface area contributed by atoms with Crippen LogP contribution < -0.4 is 5.32 Å².